The molecule has 1 fully saturated rings. The second kappa shape index (κ2) is 6.04. The number of carbonyl (C=O) groups is 1. The fraction of sp³-hybridized carbons (Fsp3) is 0.533. The molecule has 108 valence electrons. The molecule has 1 saturated heterocycles. The smallest absolute Gasteiger partial charge is 0.223 e. The van der Waals surface area contributed by atoms with E-state index >= 15 is 0 Å². The maximum atomic E-state index is 11.9. The van der Waals surface area contributed by atoms with Crippen molar-refractivity contribution < 1.29 is 14.3 Å². The number of alkyl halides is 1. The van der Waals surface area contributed by atoms with Gasteiger partial charge in [-0.1, -0.05) is 22.0 Å². The quantitative estimate of drug-likeness (QED) is 0.794. The summed E-state index contributed by atoms with van der Waals surface area (Å²) in [6.07, 6.45) is 1.55. The molecule has 3 rings (SSSR count). The molecule has 4 nitrogen and oxygen atoms in total. The minimum absolute atomic E-state index is 0.238. The van der Waals surface area contributed by atoms with Crippen LogP contribution in [0.15, 0.2) is 18.2 Å². The van der Waals surface area contributed by atoms with Gasteiger partial charge in [-0.2, -0.15) is 0 Å². The largest absolute Gasteiger partial charge is 0.490 e. The van der Waals surface area contributed by atoms with Gasteiger partial charge in [0.2, 0.25) is 5.91 Å². The summed E-state index contributed by atoms with van der Waals surface area (Å²) in [5, 5.41) is 0.885. The fourth-order valence-electron chi connectivity index (χ4n) is 2.64. The SMILES string of the molecule is O=C1CC(CBr)CN1Cc1ccc2c(c1)OCCCO2. The van der Waals surface area contributed by atoms with Gasteiger partial charge >= 0.3 is 0 Å². The van der Waals surface area contributed by atoms with Crippen molar-refractivity contribution >= 4 is 21.8 Å². The van der Waals surface area contributed by atoms with Gasteiger partial charge in [0, 0.05) is 31.3 Å². The Labute approximate surface area is 127 Å². The van der Waals surface area contributed by atoms with Crippen LogP contribution in [0.3, 0.4) is 0 Å². The lowest BCUT2D eigenvalue weighted by atomic mass is 10.1. The van der Waals surface area contributed by atoms with Crippen LogP contribution in [0.2, 0.25) is 0 Å². The van der Waals surface area contributed by atoms with E-state index in [1.807, 2.05) is 23.1 Å². The van der Waals surface area contributed by atoms with E-state index in [1.165, 1.54) is 0 Å². The van der Waals surface area contributed by atoms with Crippen molar-refractivity contribution in [2.75, 3.05) is 25.1 Å². The Kier molecular flexibility index (Phi) is 4.15. The zero-order valence-corrected chi connectivity index (χ0v) is 12.9. The summed E-state index contributed by atoms with van der Waals surface area (Å²) in [7, 11) is 0. The summed E-state index contributed by atoms with van der Waals surface area (Å²) in [6.45, 7) is 2.87. The summed E-state index contributed by atoms with van der Waals surface area (Å²) in [6, 6.07) is 5.95. The first-order chi connectivity index (χ1) is 9.76. The first kappa shape index (κ1) is 13.7. The zero-order valence-electron chi connectivity index (χ0n) is 11.3. The van der Waals surface area contributed by atoms with Crippen molar-refractivity contribution in [1.82, 2.24) is 4.90 Å². The molecule has 1 unspecified atom stereocenters. The molecule has 0 aromatic heterocycles. The van der Waals surface area contributed by atoms with E-state index in [-0.39, 0.29) is 5.91 Å². The molecule has 0 aliphatic carbocycles. The normalized spacial score (nSPS) is 21.9. The average Bonchev–Trinajstić information content (AvgIpc) is 2.67. The van der Waals surface area contributed by atoms with Crippen molar-refractivity contribution in [1.29, 1.82) is 0 Å². The minimum atomic E-state index is 0.238. The number of hydrogen-bond donors (Lipinski definition) is 0. The summed E-state index contributed by atoms with van der Waals surface area (Å²) in [5.41, 5.74) is 1.10. The van der Waals surface area contributed by atoms with Crippen LogP contribution in [0.1, 0.15) is 18.4 Å². The van der Waals surface area contributed by atoms with Crippen molar-refractivity contribution in [3.63, 3.8) is 0 Å². The Balaban J connectivity index is 1.72. The number of nitrogens with zero attached hydrogens (tertiary/aromatic N) is 1. The molecule has 2 heterocycles. The van der Waals surface area contributed by atoms with Crippen LogP contribution in [-0.2, 0) is 11.3 Å². The first-order valence-corrected chi connectivity index (χ1v) is 8.10. The second-order valence-corrected chi connectivity index (χ2v) is 5.98. The van der Waals surface area contributed by atoms with Crippen molar-refractivity contribution in [2.24, 2.45) is 5.92 Å². The monoisotopic (exact) mass is 339 g/mol. The van der Waals surface area contributed by atoms with E-state index in [2.05, 4.69) is 15.9 Å². The third-order valence-electron chi connectivity index (χ3n) is 3.70. The van der Waals surface area contributed by atoms with Gasteiger partial charge in [-0.15, -0.1) is 0 Å². The highest BCUT2D eigenvalue weighted by molar-refractivity contribution is 9.09. The number of fused-ring (bicyclic) bond motifs is 1. The summed E-state index contributed by atoms with van der Waals surface area (Å²) < 4.78 is 11.3. The number of likely N-dealkylation sites (tertiary alicyclic amines) is 1. The molecule has 2 aliphatic rings. The molecule has 1 aromatic carbocycles. The lowest BCUT2D eigenvalue weighted by Crippen LogP contribution is -2.24. The Hall–Kier alpha value is -1.23. The van der Waals surface area contributed by atoms with Gasteiger partial charge in [0.1, 0.15) is 0 Å². The molecule has 0 N–H and O–H groups in total. The van der Waals surface area contributed by atoms with Crippen LogP contribution >= 0.6 is 15.9 Å². The third-order valence-corrected chi connectivity index (χ3v) is 4.61. The average molecular weight is 340 g/mol. The summed E-state index contributed by atoms with van der Waals surface area (Å²) >= 11 is 3.46. The van der Waals surface area contributed by atoms with Gasteiger partial charge in [0.15, 0.2) is 11.5 Å². The van der Waals surface area contributed by atoms with E-state index in [1.54, 1.807) is 0 Å². The zero-order chi connectivity index (χ0) is 13.9. The fourth-order valence-corrected chi connectivity index (χ4v) is 3.07. The molecule has 1 atom stereocenters. The topological polar surface area (TPSA) is 38.8 Å². The molecule has 0 saturated carbocycles. The van der Waals surface area contributed by atoms with Crippen molar-refractivity contribution in [3.8, 4) is 11.5 Å². The minimum Gasteiger partial charge on any atom is -0.490 e. The molecular weight excluding hydrogens is 322 g/mol. The Morgan fingerprint density at radius 2 is 2.05 bits per heavy atom. The predicted octanol–water partition coefficient (Wildman–Crippen LogP) is 2.59. The van der Waals surface area contributed by atoms with E-state index in [4.69, 9.17) is 9.47 Å². The standard InChI is InChI=1S/C15H18BrNO3/c16-8-12-7-15(18)17(10-12)9-11-2-3-13-14(6-11)20-5-1-4-19-13/h2-3,6,12H,1,4-5,7-10H2. The van der Waals surface area contributed by atoms with E-state index < -0.39 is 0 Å². The highest BCUT2D eigenvalue weighted by Crippen LogP contribution is 2.31. The lowest BCUT2D eigenvalue weighted by molar-refractivity contribution is -0.128. The van der Waals surface area contributed by atoms with Crippen LogP contribution in [0.25, 0.3) is 0 Å². The Morgan fingerprint density at radius 1 is 1.25 bits per heavy atom. The predicted molar refractivity (Wildman–Crippen MR) is 79.4 cm³/mol. The molecule has 1 aromatic rings. The van der Waals surface area contributed by atoms with Gasteiger partial charge in [0.25, 0.3) is 0 Å². The van der Waals surface area contributed by atoms with Crippen LogP contribution in [-0.4, -0.2) is 35.9 Å². The second-order valence-electron chi connectivity index (χ2n) is 5.33. The van der Waals surface area contributed by atoms with E-state index in [0.717, 1.165) is 35.4 Å². The number of carbonyl (C=O) groups excluding carboxylic acids is 1. The molecule has 5 heteroatoms. The molecule has 2 aliphatic heterocycles. The van der Waals surface area contributed by atoms with Gasteiger partial charge < -0.3 is 14.4 Å². The Bertz CT molecular complexity index is 506. The Morgan fingerprint density at radius 3 is 2.80 bits per heavy atom. The van der Waals surface area contributed by atoms with Gasteiger partial charge in [-0.3, -0.25) is 4.79 Å². The van der Waals surface area contributed by atoms with E-state index in [9.17, 15) is 4.79 Å². The highest BCUT2D eigenvalue weighted by atomic mass is 79.9. The number of benzene rings is 1. The van der Waals surface area contributed by atoms with Crippen molar-refractivity contribution in [2.45, 2.75) is 19.4 Å². The molecule has 0 radical (unpaired) electrons. The molecular formula is C15H18BrNO3. The maximum Gasteiger partial charge on any atom is 0.223 e. The number of hydrogen-bond acceptors (Lipinski definition) is 3. The van der Waals surface area contributed by atoms with Crippen LogP contribution < -0.4 is 9.47 Å². The highest BCUT2D eigenvalue weighted by Gasteiger charge is 2.28. The lowest BCUT2D eigenvalue weighted by Gasteiger charge is -2.17. The number of amides is 1. The van der Waals surface area contributed by atoms with Crippen LogP contribution in [0.5, 0.6) is 11.5 Å². The number of halogens is 1. The summed E-state index contributed by atoms with van der Waals surface area (Å²) in [4.78, 5) is 13.9. The van der Waals surface area contributed by atoms with E-state index in [0.29, 0.717) is 32.1 Å². The maximum absolute atomic E-state index is 11.9. The van der Waals surface area contributed by atoms with Gasteiger partial charge in [-0.05, 0) is 23.6 Å². The van der Waals surface area contributed by atoms with Gasteiger partial charge in [0.05, 0.1) is 13.2 Å². The van der Waals surface area contributed by atoms with Crippen LogP contribution in [0.4, 0.5) is 0 Å². The molecule has 20 heavy (non-hydrogen) atoms. The number of rotatable bonds is 3. The number of ether oxygens (including phenoxy) is 2. The summed E-state index contributed by atoms with van der Waals surface area (Å²) in [5.74, 6) is 2.27. The third kappa shape index (κ3) is 2.92. The van der Waals surface area contributed by atoms with Crippen molar-refractivity contribution in [3.05, 3.63) is 23.8 Å². The first-order valence-electron chi connectivity index (χ1n) is 6.98. The molecule has 0 spiro atoms. The molecule has 1 amide bonds. The van der Waals surface area contributed by atoms with Crippen LogP contribution in [0, 0.1) is 5.92 Å². The van der Waals surface area contributed by atoms with Gasteiger partial charge in [-0.25, -0.2) is 0 Å². The molecule has 0 bridgehead atoms.